The largest absolute Gasteiger partial charge is 0.370 e. The van der Waals surface area contributed by atoms with Crippen LogP contribution in [0.15, 0.2) is 30.3 Å². The number of fused-ring (bicyclic) bond motifs is 1. The van der Waals surface area contributed by atoms with Crippen LogP contribution in [0.5, 0.6) is 0 Å². The molecule has 2 fully saturated rings. The lowest BCUT2D eigenvalue weighted by Gasteiger charge is -2.44. The van der Waals surface area contributed by atoms with Gasteiger partial charge in [-0.15, -0.1) is 0 Å². The van der Waals surface area contributed by atoms with E-state index in [4.69, 9.17) is 9.72 Å². The van der Waals surface area contributed by atoms with Crippen molar-refractivity contribution >= 4 is 11.8 Å². The molecule has 2 aromatic rings. The summed E-state index contributed by atoms with van der Waals surface area (Å²) in [7, 11) is 0. The van der Waals surface area contributed by atoms with E-state index in [1.807, 2.05) is 23.1 Å². The van der Waals surface area contributed by atoms with E-state index in [-0.39, 0.29) is 23.6 Å². The second-order valence-corrected chi connectivity index (χ2v) is 11.7. The molecule has 1 aromatic carbocycles. The molecule has 1 saturated heterocycles. The van der Waals surface area contributed by atoms with Crippen LogP contribution in [0.2, 0.25) is 0 Å². The maximum atomic E-state index is 13.2. The number of anilines is 1. The average Bonchev–Trinajstić information content (AvgIpc) is 3.73. The van der Waals surface area contributed by atoms with Crippen LogP contribution < -0.4 is 10.2 Å². The van der Waals surface area contributed by atoms with Gasteiger partial charge in [-0.25, -0.2) is 9.78 Å². The number of carbonyl (C=O) groups excluding carboxylic acids is 1. The lowest BCUT2D eigenvalue weighted by molar-refractivity contribution is -0.0407. The first kappa shape index (κ1) is 25.5. The second kappa shape index (κ2) is 10.3. The second-order valence-electron chi connectivity index (χ2n) is 11.7. The molecular formula is C30H39N5O2. The maximum Gasteiger partial charge on any atom is 0.317 e. The molecule has 0 radical (unpaired) electrons. The minimum atomic E-state index is -0.297. The predicted molar refractivity (Wildman–Crippen MR) is 145 cm³/mol. The van der Waals surface area contributed by atoms with Crippen molar-refractivity contribution in [2.24, 2.45) is 5.92 Å². The van der Waals surface area contributed by atoms with E-state index in [1.165, 1.54) is 5.56 Å². The summed E-state index contributed by atoms with van der Waals surface area (Å²) < 4.78 is 6.13. The monoisotopic (exact) mass is 501 g/mol. The smallest absolute Gasteiger partial charge is 0.317 e. The number of benzene rings is 1. The van der Waals surface area contributed by atoms with E-state index in [9.17, 15) is 10.1 Å². The molecule has 1 aliphatic carbocycles. The number of nitriles is 1. The maximum absolute atomic E-state index is 13.2. The van der Waals surface area contributed by atoms with Crippen molar-refractivity contribution in [3.05, 3.63) is 58.3 Å². The van der Waals surface area contributed by atoms with E-state index in [0.29, 0.717) is 44.3 Å². The van der Waals surface area contributed by atoms with E-state index in [1.54, 1.807) is 0 Å². The number of nitrogens with one attached hydrogen (secondary N) is 1. The van der Waals surface area contributed by atoms with Gasteiger partial charge in [0.25, 0.3) is 0 Å². The number of hydrogen-bond acceptors (Lipinski definition) is 5. The molecule has 0 spiro atoms. The Morgan fingerprint density at radius 3 is 2.65 bits per heavy atom. The molecular weight excluding hydrogens is 462 g/mol. The van der Waals surface area contributed by atoms with Gasteiger partial charge in [-0.1, -0.05) is 44.2 Å². The summed E-state index contributed by atoms with van der Waals surface area (Å²) in [6.07, 6.45) is 3.84. The summed E-state index contributed by atoms with van der Waals surface area (Å²) in [4.78, 5) is 22.6. The molecule has 0 bridgehead atoms. The van der Waals surface area contributed by atoms with Gasteiger partial charge in [-0.2, -0.15) is 5.26 Å². The van der Waals surface area contributed by atoms with Crippen LogP contribution in [0.3, 0.4) is 0 Å². The normalized spacial score (nSPS) is 20.9. The number of rotatable bonds is 6. The Morgan fingerprint density at radius 2 is 1.97 bits per heavy atom. The van der Waals surface area contributed by atoms with Crippen molar-refractivity contribution in [2.75, 3.05) is 31.1 Å². The van der Waals surface area contributed by atoms with Crippen molar-refractivity contribution in [3.8, 4) is 6.07 Å². The molecule has 37 heavy (non-hydrogen) atoms. The topological polar surface area (TPSA) is 81.5 Å². The van der Waals surface area contributed by atoms with Gasteiger partial charge in [-0.3, -0.25) is 0 Å². The number of carbonyl (C=O) groups is 1. The SMILES string of the molecule is CC(C)[C@@H]1CN(c2nc(C3CC3)c3c(c2C#N)CC(C)(C)OC3)CCN1C(=O)NCCc1ccccc1. The highest BCUT2D eigenvalue weighted by Gasteiger charge is 2.39. The van der Waals surface area contributed by atoms with Crippen LogP contribution in [0.25, 0.3) is 0 Å². The van der Waals surface area contributed by atoms with Crippen LogP contribution in [0.4, 0.5) is 10.6 Å². The summed E-state index contributed by atoms with van der Waals surface area (Å²) in [5.74, 6) is 1.55. The first-order valence-corrected chi connectivity index (χ1v) is 13.7. The Kier molecular flexibility index (Phi) is 7.13. The number of hydrogen-bond donors (Lipinski definition) is 1. The number of pyridine rings is 1. The van der Waals surface area contributed by atoms with Crippen molar-refractivity contribution in [3.63, 3.8) is 0 Å². The number of ether oxygens (including phenoxy) is 1. The van der Waals surface area contributed by atoms with Crippen molar-refractivity contribution in [1.82, 2.24) is 15.2 Å². The van der Waals surface area contributed by atoms with Gasteiger partial charge in [0.05, 0.1) is 29.5 Å². The zero-order valence-corrected chi connectivity index (χ0v) is 22.6. The standard InChI is InChI=1S/C30H39N5O2/c1-20(2)26-18-34(14-15-35(26)29(36)32-13-12-21-8-6-5-7-9-21)28-24(17-31)23-16-30(3,4)37-19-25(23)27(33-28)22-10-11-22/h5-9,20,22,26H,10-16,18-19H2,1-4H3,(H,32,36)/t26-/m0/s1. The van der Waals surface area contributed by atoms with Crippen LogP contribution in [-0.4, -0.2) is 53.7 Å². The van der Waals surface area contributed by atoms with Gasteiger partial charge in [0, 0.05) is 44.1 Å². The van der Waals surface area contributed by atoms with Gasteiger partial charge in [-0.05, 0) is 50.2 Å². The number of amides is 2. The molecule has 1 N–H and O–H groups in total. The molecule has 2 amide bonds. The van der Waals surface area contributed by atoms with E-state index in [2.05, 4.69) is 56.1 Å². The van der Waals surface area contributed by atoms with Crippen LogP contribution in [-0.2, 0) is 24.2 Å². The van der Waals surface area contributed by atoms with Crippen LogP contribution in [0, 0.1) is 17.2 Å². The van der Waals surface area contributed by atoms with Gasteiger partial charge >= 0.3 is 6.03 Å². The highest BCUT2D eigenvalue weighted by molar-refractivity contribution is 5.75. The molecule has 1 aromatic heterocycles. The Labute approximate surface area is 220 Å². The van der Waals surface area contributed by atoms with Gasteiger partial charge in [0.15, 0.2) is 0 Å². The number of aromatic nitrogens is 1. The fraction of sp³-hybridized carbons (Fsp3) is 0.567. The Bertz CT molecular complexity index is 1180. The molecule has 3 aliphatic rings. The first-order chi connectivity index (χ1) is 17.8. The molecule has 0 unspecified atom stereocenters. The Hall–Kier alpha value is -3.11. The third-order valence-corrected chi connectivity index (χ3v) is 7.99. The van der Waals surface area contributed by atoms with Crippen molar-refractivity contribution < 1.29 is 9.53 Å². The third kappa shape index (κ3) is 5.45. The summed E-state index contributed by atoms with van der Waals surface area (Å²) in [5, 5.41) is 13.4. The van der Waals surface area contributed by atoms with E-state index >= 15 is 0 Å². The lowest BCUT2D eigenvalue weighted by Crippen LogP contribution is -2.59. The molecule has 5 rings (SSSR count). The quantitative estimate of drug-likeness (QED) is 0.616. The number of nitrogens with zero attached hydrogens (tertiary/aromatic N) is 4. The summed E-state index contributed by atoms with van der Waals surface area (Å²) in [6, 6.07) is 12.8. The highest BCUT2D eigenvalue weighted by atomic mass is 16.5. The highest BCUT2D eigenvalue weighted by Crippen LogP contribution is 2.46. The molecule has 7 nitrogen and oxygen atoms in total. The van der Waals surface area contributed by atoms with Crippen molar-refractivity contribution in [1.29, 1.82) is 5.26 Å². The molecule has 1 saturated carbocycles. The van der Waals surface area contributed by atoms with Gasteiger partial charge in [0.2, 0.25) is 0 Å². The number of piperazine rings is 1. The minimum absolute atomic E-state index is 0.00856. The van der Waals surface area contributed by atoms with Crippen molar-refractivity contribution in [2.45, 2.75) is 77.5 Å². The Morgan fingerprint density at radius 1 is 1.22 bits per heavy atom. The Balaban J connectivity index is 1.36. The molecule has 7 heteroatoms. The molecule has 2 aliphatic heterocycles. The van der Waals surface area contributed by atoms with E-state index < -0.39 is 0 Å². The molecule has 1 atom stereocenters. The summed E-state index contributed by atoms with van der Waals surface area (Å²) in [6.45, 7) is 11.6. The van der Waals surface area contributed by atoms with Gasteiger partial charge < -0.3 is 19.9 Å². The molecule has 3 heterocycles. The molecule has 196 valence electrons. The van der Waals surface area contributed by atoms with Gasteiger partial charge in [0.1, 0.15) is 11.9 Å². The summed E-state index contributed by atoms with van der Waals surface area (Å²) >= 11 is 0. The first-order valence-electron chi connectivity index (χ1n) is 13.7. The fourth-order valence-corrected chi connectivity index (χ4v) is 5.70. The zero-order valence-electron chi connectivity index (χ0n) is 22.6. The number of urea groups is 1. The predicted octanol–water partition coefficient (Wildman–Crippen LogP) is 4.78. The zero-order chi connectivity index (χ0) is 26.2. The minimum Gasteiger partial charge on any atom is -0.370 e. The van der Waals surface area contributed by atoms with Crippen LogP contribution >= 0.6 is 0 Å². The third-order valence-electron chi connectivity index (χ3n) is 7.99. The lowest BCUT2D eigenvalue weighted by atomic mass is 9.87. The fourth-order valence-electron chi connectivity index (χ4n) is 5.70. The van der Waals surface area contributed by atoms with Crippen LogP contribution in [0.1, 0.15) is 74.4 Å². The average molecular weight is 502 g/mol. The summed E-state index contributed by atoms with van der Waals surface area (Å²) in [5.41, 5.74) is 5.00. The van der Waals surface area contributed by atoms with E-state index in [0.717, 1.165) is 48.3 Å².